The van der Waals surface area contributed by atoms with Gasteiger partial charge in [0.15, 0.2) is 5.58 Å². The van der Waals surface area contributed by atoms with E-state index in [-0.39, 0.29) is 0 Å². The topological polar surface area (TPSA) is 31.0 Å². The standard InChI is InChI=1S/C47H30N2O/c1-3-19-44-40(17-1)41-18-2-4-20-45(41)49(44)39-16-8-15-37(28-39)35-13-6-11-33(26-35)31-9-5-10-32(25-31)34-12-7-14-36(27-34)38-21-22-46-43(29-38)42-23-24-48-30-47(42)50-46/h1-30H. The molecule has 50 heavy (non-hydrogen) atoms. The quantitative estimate of drug-likeness (QED) is 0.188. The van der Waals surface area contributed by atoms with Crippen LogP contribution in [0.4, 0.5) is 0 Å². The van der Waals surface area contributed by atoms with Crippen LogP contribution in [-0.2, 0) is 0 Å². The van der Waals surface area contributed by atoms with Gasteiger partial charge in [0, 0.05) is 33.4 Å². The molecule has 0 unspecified atom stereocenters. The summed E-state index contributed by atoms with van der Waals surface area (Å²) in [6.07, 6.45) is 3.60. The van der Waals surface area contributed by atoms with Crippen LogP contribution in [0.5, 0.6) is 0 Å². The highest BCUT2D eigenvalue weighted by atomic mass is 16.3. The Labute approximate surface area is 289 Å². The molecule has 0 radical (unpaired) electrons. The minimum Gasteiger partial charge on any atom is -0.454 e. The molecule has 3 nitrogen and oxygen atoms in total. The summed E-state index contributed by atoms with van der Waals surface area (Å²) in [4.78, 5) is 4.22. The van der Waals surface area contributed by atoms with Crippen LogP contribution < -0.4 is 0 Å². The van der Waals surface area contributed by atoms with E-state index in [1.165, 1.54) is 60.8 Å². The molecule has 0 fully saturated rings. The lowest BCUT2D eigenvalue weighted by atomic mass is 9.94. The summed E-state index contributed by atoms with van der Waals surface area (Å²) in [6.45, 7) is 0. The minimum atomic E-state index is 0.810. The predicted octanol–water partition coefficient (Wildman–Crippen LogP) is 12.7. The van der Waals surface area contributed by atoms with E-state index in [0.717, 1.165) is 33.2 Å². The Bertz CT molecular complexity index is 2840. The lowest BCUT2D eigenvalue weighted by Crippen LogP contribution is -1.94. The van der Waals surface area contributed by atoms with Crippen molar-refractivity contribution in [1.82, 2.24) is 9.55 Å². The molecule has 3 aromatic heterocycles. The summed E-state index contributed by atoms with van der Waals surface area (Å²) in [5.41, 5.74) is 14.7. The van der Waals surface area contributed by atoms with Crippen molar-refractivity contribution in [1.29, 1.82) is 0 Å². The van der Waals surface area contributed by atoms with Crippen LogP contribution >= 0.6 is 0 Å². The number of hydrogen-bond donors (Lipinski definition) is 0. The maximum absolute atomic E-state index is 6.02. The second kappa shape index (κ2) is 11.5. The first kappa shape index (κ1) is 28.3. The smallest absolute Gasteiger partial charge is 0.153 e. The first-order chi connectivity index (χ1) is 24.8. The summed E-state index contributed by atoms with van der Waals surface area (Å²) in [7, 11) is 0. The number of para-hydroxylation sites is 2. The molecule has 0 aliphatic heterocycles. The molecule has 0 saturated carbocycles. The molecule has 0 aliphatic carbocycles. The number of fused-ring (bicyclic) bond motifs is 6. The summed E-state index contributed by atoms with van der Waals surface area (Å²) in [6, 6.07) is 61.2. The summed E-state index contributed by atoms with van der Waals surface area (Å²) in [5, 5.41) is 4.73. The van der Waals surface area contributed by atoms with Crippen molar-refractivity contribution >= 4 is 43.7 Å². The van der Waals surface area contributed by atoms with Gasteiger partial charge in [-0.2, -0.15) is 0 Å². The molecular weight excluding hydrogens is 609 g/mol. The Morgan fingerprint density at radius 1 is 0.360 bits per heavy atom. The molecule has 0 amide bonds. The van der Waals surface area contributed by atoms with Gasteiger partial charge in [0.05, 0.1) is 17.2 Å². The molecule has 0 saturated heterocycles. The molecule has 0 bridgehead atoms. The average Bonchev–Trinajstić information content (AvgIpc) is 3.74. The van der Waals surface area contributed by atoms with Gasteiger partial charge in [-0.25, -0.2) is 0 Å². The van der Waals surface area contributed by atoms with E-state index in [2.05, 4.69) is 173 Å². The summed E-state index contributed by atoms with van der Waals surface area (Å²) < 4.78 is 8.40. The fourth-order valence-corrected chi connectivity index (χ4v) is 7.47. The van der Waals surface area contributed by atoms with E-state index in [0.29, 0.717) is 0 Å². The second-order valence-corrected chi connectivity index (χ2v) is 12.8. The van der Waals surface area contributed by atoms with Crippen LogP contribution in [0.1, 0.15) is 0 Å². The first-order valence-electron chi connectivity index (χ1n) is 16.9. The van der Waals surface area contributed by atoms with E-state index in [9.17, 15) is 0 Å². The largest absolute Gasteiger partial charge is 0.454 e. The Morgan fingerprint density at radius 3 is 1.44 bits per heavy atom. The predicted molar refractivity (Wildman–Crippen MR) is 208 cm³/mol. The lowest BCUT2D eigenvalue weighted by Gasteiger charge is -2.12. The molecule has 3 heteroatoms. The third-order valence-corrected chi connectivity index (χ3v) is 9.88. The zero-order valence-electron chi connectivity index (χ0n) is 27.1. The Hall–Kier alpha value is -6.71. The maximum Gasteiger partial charge on any atom is 0.153 e. The van der Waals surface area contributed by atoms with Crippen LogP contribution in [0.15, 0.2) is 187 Å². The molecule has 0 atom stereocenters. The third kappa shape index (κ3) is 4.71. The van der Waals surface area contributed by atoms with Crippen LogP contribution in [0.3, 0.4) is 0 Å². The van der Waals surface area contributed by atoms with Crippen molar-refractivity contribution in [3.05, 3.63) is 182 Å². The molecule has 3 heterocycles. The SMILES string of the molecule is c1cc(-c2cccc(-c3cccc(-n4c5ccccc5c5ccccc54)c3)c2)cc(-c2cccc(-c3ccc4oc5cnccc5c4c3)c2)c1. The number of pyridine rings is 1. The first-order valence-corrected chi connectivity index (χ1v) is 16.9. The van der Waals surface area contributed by atoms with E-state index >= 15 is 0 Å². The molecule has 0 N–H and O–H groups in total. The summed E-state index contributed by atoms with van der Waals surface area (Å²) >= 11 is 0. The fraction of sp³-hybridized carbons (Fsp3) is 0. The van der Waals surface area contributed by atoms with Gasteiger partial charge in [0.2, 0.25) is 0 Å². The van der Waals surface area contributed by atoms with Gasteiger partial charge in [-0.3, -0.25) is 4.98 Å². The number of nitrogens with zero attached hydrogens (tertiary/aromatic N) is 2. The van der Waals surface area contributed by atoms with Crippen molar-refractivity contribution in [2.45, 2.75) is 0 Å². The second-order valence-electron chi connectivity index (χ2n) is 12.8. The Kier molecular flexibility index (Phi) is 6.49. The number of furan rings is 1. The van der Waals surface area contributed by atoms with Gasteiger partial charge in [-0.1, -0.05) is 109 Å². The maximum atomic E-state index is 6.02. The van der Waals surface area contributed by atoms with Gasteiger partial charge >= 0.3 is 0 Å². The highest BCUT2D eigenvalue weighted by Crippen LogP contribution is 2.36. The molecular formula is C47H30N2O. The highest BCUT2D eigenvalue weighted by Gasteiger charge is 2.13. The van der Waals surface area contributed by atoms with Gasteiger partial charge in [-0.15, -0.1) is 0 Å². The van der Waals surface area contributed by atoms with Crippen LogP contribution in [-0.4, -0.2) is 9.55 Å². The third-order valence-electron chi connectivity index (χ3n) is 9.88. The molecule has 0 spiro atoms. The van der Waals surface area contributed by atoms with E-state index in [1.807, 2.05) is 12.3 Å². The van der Waals surface area contributed by atoms with E-state index in [4.69, 9.17) is 4.42 Å². The highest BCUT2D eigenvalue weighted by molar-refractivity contribution is 6.09. The number of hydrogen-bond acceptors (Lipinski definition) is 2. The van der Waals surface area contributed by atoms with E-state index < -0.39 is 0 Å². The van der Waals surface area contributed by atoms with Gasteiger partial charge < -0.3 is 8.98 Å². The molecule has 0 aliphatic rings. The van der Waals surface area contributed by atoms with Gasteiger partial charge in [0.25, 0.3) is 0 Å². The van der Waals surface area contributed by atoms with E-state index in [1.54, 1.807) is 6.20 Å². The molecule has 234 valence electrons. The monoisotopic (exact) mass is 638 g/mol. The number of rotatable bonds is 5. The average molecular weight is 639 g/mol. The Morgan fingerprint density at radius 2 is 0.860 bits per heavy atom. The van der Waals surface area contributed by atoms with Gasteiger partial charge in [-0.05, 0) is 105 Å². The molecule has 10 rings (SSSR count). The van der Waals surface area contributed by atoms with Crippen molar-refractivity contribution in [3.63, 3.8) is 0 Å². The normalized spacial score (nSPS) is 11.6. The van der Waals surface area contributed by atoms with Gasteiger partial charge in [0.1, 0.15) is 5.58 Å². The van der Waals surface area contributed by atoms with Crippen LogP contribution in [0, 0.1) is 0 Å². The molecule has 7 aromatic carbocycles. The number of aromatic nitrogens is 2. The molecule has 10 aromatic rings. The minimum absolute atomic E-state index is 0.810. The summed E-state index contributed by atoms with van der Waals surface area (Å²) in [5.74, 6) is 0. The Balaban J connectivity index is 0.996. The van der Waals surface area contributed by atoms with Crippen molar-refractivity contribution in [3.8, 4) is 50.2 Å². The fourth-order valence-electron chi connectivity index (χ4n) is 7.47. The van der Waals surface area contributed by atoms with Crippen molar-refractivity contribution < 1.29 is 4.42 Å². The van der Waals surface area contributed by atoms with Crippen molar-refractivity contribution in [2.75, 3.05) is 0 Å². The zero-order valence-corrected chi connectivity index (χ0v) is 27.1. The lowest BCUT2D eigenvalue weighted by molar-refractivity contribution is 0.667. The van der Waals surface area contributed by atoms with Crippen LogP contribution in [0.2, 0.25) is 0 Å². The number of benzene rings is 7. The van der Waals surface area contributed by atoms with Crippen LogP contribution in [0.25, 0.3) is 93.9 Å². The van der Waals surface area contributed by atoms with Crippen molar-refractivity contribution in [2.24, 2.45) is 0 Å². The zero-order chi connectivity index (χ0) is 33.0.